The summed E-state index contributed by atoms with van der Waals surface area (Å²) < 4.78 is 0. The van der Waals surface area contributed by atoms with Gasteiger partial charge in [-0.1, -0.05) is 0 Å². The Morgan fingerprint density at radius 2 is 0.769 bits per heavy atom. The summed E-state index contributed by atoms with van der Waals surface area (Å²) in [7, 11) is 0. The Bertz CT molecular complexity index is 277. The van der Waals surface area contributed by atoms with E-state index >= 15 is 0 Å². The molecule has 0 aliphatic heterocycles. The number of aliphatic hydroxyl groups excluding tert-OH is 4. The van der Waals surface area contributed by atoms with Gasteiger partial charge in [-0.15, -0.1) is 0 Å². The fraction of sp³-hybridized carbons (Fsp3) is 0. The molecule has 0 unspecified atom stereocenters. The van der Waals surface area contributed by atoms with Crippen molar-refractivity contribution in [1.29, 1.82) is 0 Å². The Labute approximate surface area is 112 Å². The van der Waals surface area contributed by atoms with Crippen molar-refractivity contribution in [1.82, 2.24) is 0 Å². The molecule has 0 saturated carbocycles. The van der Waals surface area contributed by atoms with E-state index in [0.717, 1.165) is 0 Å². The summed E-state index contributed by atoms with van der Waals surface area (Å²) in [5.74, 6) is -7.84. The van der Waals surface area contributed by atoms with Crippen molar-refractivity contribution in [2.45, 2.75) is 0 Å². The molecule has 0 heterocycles. The van der Waals surface area contributed by atoms with Crippen LogP contribution >= 0.6 is 0 Å². The average Bonchev–Trinajstić information content (AvgIpc) is 2.08. The molecule has 0 aromatic heterocycles. The van der Waals surface area contributed by atoms with Crippen molar-refractivity contribution in [3.05, 3.63) is 23.0 Å². The first kappa shape index (κ1) is 12.6. The van der Waals surface area contributed by atoms with Gasteiger partial charge < -0.3 is 20.4 Å². The molecule has 0 spiro atoms. The minimum atomic E-state index is -1.38. The molecule has 0 amide bonds. The number of rotatable bonds is 0. The predicted molar refractivity (Wildman–Crippen MR) is 40.3 cm³/mol. The molecule has 4 N–H and O–H groups in total. The second-order valence-electron chi connectivity index (χ2n) is 2.05. The molecule has 2 radical (unpaired) electrons. The van der Waals surface area contributed by atoms with Crippen LogP contribution in [-0.4, -0.2) is 80.9 Å². The van der Waals surface area contributed by atoms with E-state index in [4.69, 9.17) is 20.4 Å². The largest absolute Gasteiger partial charge is 0.501 e. The van der Waals surface area contributed by atoms with Gasteiger partial charge >= 0.3 is 0 Å². The van der Waals surface area contributed by atoms with Crippen molar-refractivity contribution >= 4 is 60.4 Å². The van der Waals surface area contributed by atoms with Crippen LogP contribution < -0.4 is 0 Å². The summed E-state index contributed by atoms with van der Waals surface area (Å²) in [5, 5.41) is 34.6. The molecular formula is C6H4BaO6. The molecular weight excluding hydrogens is 305 g/mol. The van der Waals surface area contributed by atoms with Crippen LogP contribution in [0.2, 0.25) is 0 Å². The van der Waals surface area contributed by atoms with E-state index in [-0.39, 0.29) is 48.9 Å². The third-order valence-corrected chi connectivity index (χ3v) is 1.31. The Balaban J connectivity index is 0.00000144. The van der Waals surface area contributed by atoms with Gasteiger partial charge in [-0.2, -0.15) is 0 Å². The fourth-order valence-corrected chi connectivity index (χ4v) is 0.654. The summed E-state index contributed by atoms with van der Waals surface area (Å²) in [4.78, 5) is 21.2. The zero-order valence-electron chi connectivity index (χ0n) is 6.31. The number of hydrogen-bond donors (Lipinski definition) is 4. The maximum Gasteiger partial charge on any atom is 0.269 e. The molecule has 0 aromatic rings. The van der Waals surface area contributed by atoms with Gasteiger partial charge in [-0.3, -0.25) is 9.59 Å². The quantitative estimate of drug-likeness (QED) is 0.351. The van der Waals surface area contributed by atoms with Crippen molar-refractivity contribution in [2.75, 3.05) is 0 Å². The zero-order chi connectivity index (χ0) is 9.46. The molecule has 6 nitrogen and oxygen atoms in total. The number of Topliss-reactive ketones (excluding diaryl/α,β-unsaturated/α-hetero) is 2. The minimum Gasteiger partial charge on any atom is -0.501 e. The number of carbonyl (C=O) groups excluding carboxylic acids is 2. The third-order valence-electron chi connectivity index (χ3n) is 1.31. The normalized spacial score (nSPS) is 17.5. The van der Waals surface area contributed by atoms with Crippen LogP contribution in [0, 0.1) is 0 Å². The second-order valence-corrected chi connectivity index (χ2v) is 2.05. The van der Waals surface area contributed by atoms with E-state index in [2.05, 4.69) is 0 Å². The van der Waals surface area contributed by atoms with Crippen LogP contribution in [0.3, 0.4) is 0 Å². The molecule has 1 aliphatic carbocycles. The summed E-state index contributed by atoms with van der Waals surface area (Å²) in [6, 6.07) is 0. The first-order valence-electron chi connectivity index (χ1n) is 2.80. The van der Waals surface area contributed by atoms with E-state index in [0.29, 0.717) is 0 Å². The van der Waals surface area contributed by atoms with Gasteiger partial charge in [0.25, 0.3) is 11.6 Å². The molecule has 0 bridgehead atoms. The average molecular weight is 309 g/mol. The van der Waals surface area contributed by atoms with E-state index in [1.807, 2.05) is 0 Å². The SMILES string of the molecule is O=C1C(O)=C(O)C(=O)C(O)=C1O.[Ba]. The van der Waals surface area contributed by atoms with Crippen LogP contribution in [0.25, 0.3) is 0 Å². The Hall–Kier alpha value is -0.409. The van der Waals surface area contributed by atoms with E-state index in [9.17, 15) is 9.59 Å². The third kappa shape index (κ3) is 1.92. The van der Waals surface area contributed by atoms with Crippen LogP contribution in [0.5, 0.6) is 0 Å². The van der Waals surface area contributed by atoms with E-state index in [1.54, 1.807) is 0 Å². The maximum absolute atomic E-state index is 10.6. The van der Waals surface area contributed by atoms with Gasteiger partial charge in [-0.05, 0) is 0 Å². The number of hydrogen-bond acceptors (Lipinski definition) is 6. The molecule has 66 valence electrons. The molecule has 1 rings (SSSR count). The van der Waals surface area contributed by atoms with Gasteiger partial charge in [0.15, 0.2) is 0 Å². The number of aliphatic hydroxyl groups is 4. The standard InChI is InChI=1S/C6H4O6.Ba/c7-1-2(8)4(10)6(12)5(11)3(1)9;/h7-8,11-12H;. The van der Waals surface area contributed by atoms with Crippen molar-refractivity contribution < 1.29 is 30.0 Å². The van der Waals surface area contributed by atoms with Crippen LogP contribution in [-0.2, 0) is 9.59 Å². The fourth-order valence-electron chi connectivity index (χ4n) is 0.654. The van der Waals surface area contributed by atoms with E-state index in [1.165, 1.54) is 0 Å². The summed E-state index contributed by atoms with van der Waals surface area (Å²) in [6.45, 7) is 0. The van der Waals surface area contributed by atoms with Crippen LogP contribution in [0.15, 0.2) is 23.0 Å². The van der Waals surface area contributed by atoms with Gasteiger partial charge in [0, 0.05) is 48.9 Å². The number of ketones is 2. The van der Waals surface area contributed by atoms with Crippen LogP contribution in [0.4, 0.5) is 0 Å². The Morgan fingerprint density at radius 3 is 0.923 bits per heavy atom. The molecule has 13 heavy (non-hydrogen) atoms. The molecule has 0 saturated heterocycles. The molecule has 0 atom stereocenters. The topological polar surface area (TPSA) is 115 Å². The van der Waals surface area contributed by atoms with Gasteiger partial charge in [0.2, 0.25) is 23.0 Å². The molecule has 0 aromatic carbocycles. The summed E-state index contributed by atoms with van der Waals surface area (Å²) >= 11 is 0. The predicted octanol–water partition coefficient (Wildman–Crippen LogP) is -0.587. The van der Waals surface area contributed by atoms with Gasteiger partial charge in [0.1, 0.15) is 0 Å². The van der Waals surface area contributed by atoms with Crippen molar-refractivity contribution in [2.24, 2.45) is 0 Å². The smallest absolute Gasteiger partial charge is 0.269 e. The summed E-state index contributed by atoms with van der Waals surface area (Å²) in [5.41, 5.74) is 0. The van der Waals surface area contributed by atoms with Gasteiger partial charge in [-0.25, -0.2) is 0 Å². The second kappa shape index (κ2) is 4.20. The zero-order valence-corrected chi connectivity index (χ0v) is 10.8. The molecule has 1 aliphatic rings. The molecule has 0 fully saturated rings. The van der Waals surface area contributed by atoms with Gasteiger partial charge in [0.05, 0.1) is 0 Å². The maximum atomic E-state index is 10.6. The van der Waals surface area contributed by atoms with Crippen molar-refractivity contribution in [3.8, 4) is 0 Å². The molecule has 7 heteroatoms. The first-order chi connectivity index (χ1) is 5.46. The van der Waals surface area contributed by atoms with Crippen LogP contribution in [0.1, 0.15) is 0 Å². The van der Waals surface area contributed by atoms with Crippen molar-refractivity contribution in [3.63, 3.8) is 0 Å². The van der Waals surface area contributed by atoms with E-state index < -0.39 is 34.6 Å². The summed E-state index contributed by atoms with van der Waals surface area (Å²) in [6.07, 6.45) is 0. The monoisotopic (exact) mass is 310 g/mol. The number of carbonyl (C=O) groups is 2. The first-order valence-corrected chi connectivity index (χ1v) is 2.80. The minimum absolute atomic E-state index is 0. The Morgan fingerprint density at radius 1 is 0.615 bits per heavy atom. The Kier molecular flexibility index (Phi) is 4.07.